The number of aromatic nitrogens is 3. The van der Waals surface area contributed by atoms with Crippen molar-refractivity contribution in [3.8, 4) is 0 Å². The molecule has 6 nitrogen and oxygen atoms in total. The fourth-order valence-corrected chi connectivity index (χ4v) is 3.84. The fraction of sp³-hybridized carbons (Fsp3) is 0.316. The van der Waals surface area contributed by atoms with E-state index in [0.29, 0.717) is 17.6 Å². The van der Waals surface area contributed by atoms with E-state index >= 15 is 0 Å². The molecule has 1 aliphatic rings. The maximum Gasteiger partial charge on any atom is 0.230 e. The molecule has 0 unspecified atom stereocenters. The van der Waals surface area contributed by atoms with Gasteiger partial charge in [-0.2, -0.15) is 15.0 Å². The Bertz CT molecular complexity index is 914. The van der Waals surface area contributed by atoms with E-state index in [9.17, 15) is 0 Å². The summed E-state index contributed by atoms with van der Waals surface area (Å²) in [6.45, 7) is 3.84. The molecule has 1 aliphatic heterocycles. The Balaban J connectivity index is 0.00000210. The number of rotatable bonds is 4. The number of nitrogens with zero attached hydrogens (tertiary/aromatic N) is 5. The summed E-state index contributed by atoms with van der Waals surface area (Å²) in [5.41, 5.74) is 5.93. The van der Waals surface area contributed by atoms with Crippen LogP contribution in [-0.2, 0) is 5.75 Å². The van der Waals surface area contributed by atoms with Gasteiger partial charge in [0.1, 0.15) is 5.82 Å². The minimum atomic E-state index is 0. The van der Waals surface area contributed by atoms with Gasteiger partial charge in [0.15, 0.2) is 0 Å². The van der Waals surface area contributed by atoms with Crippen molar-refractivity contribution in [1.82, 2.24) is 19.9 Å². The van der Waals surface area contributed by atoms with E-state index in [1.807, 2.05) is 0 Å². The van der Waals surface area contributed by atoms with Crippen molar-refractivity contribution in [2.24, 2.45) is 0 Å². The molecule has 4 rings (SSSR count). The third-order valence-electron chi connectivity index (χ3n) is 4.56. The van der Waals surface area contributed by atoms with Crippen LogP contribution >= 0.6 is 24.2 Å². The zero-order valence-corrected chi connectivity index (χ0v) is 16.8. The number of nitrogen functional groups attached to an aromatic ring is 1. The molecule has 0 atom stereocenters. The Hall–Kier alpha value is -2.09. The molecule has 27 heavy (non-hydrogen) atoms. The van der Waals surface area contributed by atoms with Gasteiger partial charge in [0.2, 0.25) is 11.9 Å². The second-order valence-corrected chi connectivity index (χ2v) is 7.55. The lowest BCUT2D eigenvalue weighted by Gasteiger charge is -2.32. The number of thioether (sulfide) groups is 1. The average molecular weight is 403 g/mol. The summed E-state index contributed by atoms with van der Waals surface area (Å²) < 4.78 is 0. The van der Waals surface area contributed by atoms with Crippen LogP contribution in [0.1, 0.15) is 5.82 Å². The highest BCUT2D eigenvalue weighted by Gasteiger charge is 2.18. The van der Waals surface area contributed by atoms with E-state index in [1.165, 1.54) is 15.7 Å². The van der Waals surface area contributed by atoms with Gasteiger partial charge in [-0.15, -0.1) is 24.2 Å². The second kappa shape index (κ2) is 8.73. The predicted molar refractivity (Wildman–Crippen MR) is 115 cm³/mol. The molecular formula is C19H23ClN6S. The fourth-order valence-electron chi connectivity index (χ4n) is 3.04. The van der Waals surface area contributed by atoms with E-state index < -0.39 is 0 Å². The molecule has 2 heterocycles. The first-order valence-electron chi connectivity index (χ1n) is 8.73. The summed E-state index contributed by atoms with van der Waals surface area (Å²) in [4.78, 5) is 19.0. The summed E-state index contributed by atoms with van der Waals surface area (Å²) in [6, 6.07) is 14.9. The largest absolute Gasteiger partial charge is 0.368 e. The summed E-state index contributed by atoms with van der Waals surface area (Å²) in [5, 5.41) is 2.49. The number of hydrogen-bond donors (Lipinski definition) is 1. The second-order valence-electron chi connectivity index (χ2n) is 6.50. The Morgan fingerprint density at radius 3 is 2.48 bits per heavy atom. The van der Waals surface area contributed by atoms with Gasteiger partial charge in [0, 0.05) is 31.1 Å². The molecule has 3 aromatic rings. The number of hydrogen-bond acceptors (Lipinski definition) is 7. The van der Waals surface area contributed by atoms with Crippen LogP contribution in [0.15, 0.2) is 47.4 Å². The Morgan fingerprint density at radius 1 is 0.963 bits per heavy atom. The number of benzene rings is 2. The Morgan fingerprint density at radius 2 is 1.70 bits per heavy atom. The van der Waals surface area contributed by atoms with Crippen LogP contribution in [0.2, 0.25) is 0 Å². The van der Waals surface area contributed by atoms with Crippen LogP contribution < -0.4 is 10.6 Å². The molecule has 142 valence electrons. The standard InChI is InChI=1S/C19H22N6S.ClH/c1-24-8-10-25(11-9-24)19-22-17(21-18(20)23-19)13-26-16-7-6-14-4-2-3-5-15(14)12-16;/h2-7,12H,8-11,13H2,1H3,(H2,20,21,22,23);1H. The van der Waals surface area contributed by atoms with Crippen LogP contribution in [0.5, 0.6) is 0 Å². The highest BCUT2D eigenvalue weighted by atomic mass is 35.5. The zero-order chi connectivity index (χ0) is 17.9. The van der Waals surface area contributed by atoms with E-state index in [2.05, 4.69) is 74.3 Å². The number of anilines is 2. The van der Waals surface area contributed by atoms with Gasteiger partial charge < -0.3 is 15.5 Å². The Labute approximate surface area is 169 Å². The lowest BCUT2D eigenvalue weighted by atomic mass is 10.1. The highest BCUT2D eigenvalue weighted by Crippen LogP contribution is 2.26. The third kappa shape index (κ3) is 4.80. The molecule has 1 saturated heterocycles. The summed E-state index contributed by atoms with van der Waals surface area (Å²) in [5.74, 6) is 2.39. The van der Waals surface area contributed by atoms with Crippen LogP contribution in [0.3, 0.4) is 0 Å². The molecule has 2 N–H and O–H groups in total. The number of piperazine rings is 1. The van der Waals surface area contributed by atoms with Crippen LogP contribution in [0, 0.1) is 0 Å². The summed E-state index contributed by atoms with van der Waals surface area (Å²) >= 11 is 1.72. The van der Waals surface area contributed by atoms with Crippen molar-refractivity contribution in [1.29, 1.82) is 0 Å². The van der Waals surface area contributed by atoms with Gasteiger partial charge in [-0.25, -0.2) is 0 Å². The van der Waals surface area contributed by atoms with Crippen molar-refractivity contribution >= 4 is 46.8 Å². The van der Waals surface area contributed by atoms with Gasteiger partial charge in [0.25, 0.3) is 0 Å². The van der Waals surface area contributed by atoms with Crippen LogP contribution in [0.4, 0.5) is 11.9 Å². The first-order valence-corrected chi connectivity index (χ1v) is 9.71. The molecular weight excluding hydrogens is 380 g/mol. The number of nitrogens with two attached hydrogens (primary N) is 1. The molecule has 2 aromatic carbocycles. The SMILES string of the molecule is CN1CCN(c2nc(N)nc(CSc3ccc4ccccc4c3)n2)CC1.Cl. The van der Waals surface area contributed by atoms with Crippen LogP contribution in [-0.4, -0.2) is 53.1 Å². The van der Waals surface area contributed by atoms with Gasteiger partial charge >= 0.3 is 0 Å². The normalized spacial score (nSPS) is 14.9. The lowest BCUT2D eigenvalue weighted by Crippen LogP contribution is -2.45. The molecule has 1 fully saturated rings. The minimum Gasteiger partial charge on any atom is -0.368 e. The van der Waals surface area contributed by atoms with Crippen molar-refractivity contribution in [2.75, 3.05) is 43.9 Å². The smallest absolute Gasteiger partial charge is 0.230 e. The van der Waals surface area contributed by atoms with E-state index in [1.54, 1.807) is 11.8 Å². The molecule has 8 heteroatoms. The topological polar surface area (TPSA) is 71.2 Å². The molecule has 0 aliphatic carbocycles. The van der Waals surface area contributed by atoms with Crippen molar-refractivity contribution in [3.63, 3.8) is 0 Å². The predicted octanol–water partition coefficient (Wildman–Crippen LogP) is 3.07. The Kier molecular flexibility index (Phi) is 6.36. The maximum absolute atomic E-state index is 5.93. The minimum absolute atomic E-state index is 0. The lowest BCUT2D eigenvalue weighted by molar-refractivity contribution is 0.311. The van der Waals surface area contributed by atoms with Gasteiger partial charge in [0.05, 0.1) is 5.75 Å². The first kappa shape index (κ1) is 19.7. The molecule has 0 bridgehead atoms. The zero-order valence-electron chi connectivity index (χ0n) is 15.2. The highest BCUT2D eigenvalue weighted by molar-refractivity contribution is 7.98. The van der Waals surface area contributed by atoms with E-state index in [-0.39, 0.29) is 12.4 Å². The number of likely N-dealkylation sites (N-methyl/N-ethyl adjacent to an activating group) is 1. The molecule has 0 radical (unpaired) electrons. The molecule has 0 spiro atoms. The maximum atomic E-state index is 5.93. The monoisotopic (exact) mass is 402 g/mol. The third-order valence-corrected chi connectivity index (χ3v) is 5.55. The first-order chi connectivity index (χ1) is 12.7. The van der Waals surface area contributed by atoms with Crippen molar-refractivity contribution in [3.05, 3.63) is 48.3 Å². The molecule has 0 amide bonds. The number of halogens is 1. The summed E-state index contributed by atoms with van der Waals surface area (Å²) in [7, 11) is 2.13. The van der Waals surface area contributed by atoms with Gasteiger partial charge in [-0.3, -0.25) is 0 Å². The van der Waals surface area contributed by atoms with E-state index in [0.717, 1.165) is 32.0 Å². The number of fused-ring (bicyclic) bond motifs is 1. The molecule has 0 saturated carbocycles. The molecule has 1 aromatic heterocycles. The summed E-state index contributed by atoms with van der Waals surface area (Å²) in [6.07, 6.45) is 0. The quantitative estimate of drug-likeness (QED) is 0.672. The van der Waals surface area contributed by atoms with Gasteiger partial charge in [-0.1, -0.05) is 30.3 Å². The van der Waals surface area contributed by atoms with E-state index in [4.69, 9.17) is 5.73 Å². The average Bonchev–Trinajstić information content (AvgIpc) is 2.66. The van der Waals surface area contributed by atoms with Crippen molar-refractivity contribution in [2.45, 2.75) is 10.6 Å². The van der Waals surface area contributed by atoms with Crippen LogP contribution in [0.25, 0.3) is 10.8 Å². The van der Waals surface area contributed by atoms with Gasteiger partial charge in [-0.05, 0) is 30.0 Å². The van der Waals surface area contributed by atoms with Crippen molar-refractivity contribution < 1.29 is 0 Å².